The Morgan fingerprint density at radius 3 is 2.30 bits per heavy atom. The number of piperazine rings is 1. The van der Waals surface area contributed by atoms with Crippen LogP contribution in [-0.2, 0) is 4.79 Å². The van der Waals surface area contributed by atoms with Crippen LogP contribution in [0.15, 0.2) is 30.3 Å². The third-order valence-corrected chi connectivity index (χ3v) is 3.74. The summed E-state index contributed by atoms with van der Waals surface area (Å²) in [6.07, 6.45) is 0.0308. The molecule has 1 aliphatic rings. The molecule has 0 aromatic heterocycles. The van der Waals surface area contributed by atoms with E-state index >= 15 is 0 Å². The predicted octanol–water partition coefficient (Wildman–Crippen LogP) is 0.960. The number of aliphatic carboxylic acids is 1. The maximum atomic E-state index is 12.2. The smallest absolute Gasteiger partial charge is 0.321 e. The number of Topliss-reactive ketones (excluding diaryl/α,β-unsaturated/α-hetero) is 1. The molecule has 0 bridgehead atoms. The van der Waals surface area contributed by atoms with E-state index in [0.29, 0.717) is 18.7 Å². The summed E-state index contributed by atoms with van der Waals surface area (Å²) in [6.45, 7) is 3.05. The monoisotopic (exact) mass is 276 g/mol. The molecule has 5 nitrogen and oxygen atoms in total. The lowest BCUT2D eigenvalue weighted by Crippen LogP contribution is -2.52. The molecule has 1 N–H and O–H groups in total. The molecule has 1 aromatic rings. The number of nitrogens with zero attached hydrogens (tertiary/aromatic N) is 2. The number of carboxylic acids is 1. The Bertz CT molecular complexity index is 467. The highest BCUT2D eigenvalue weighted by atomic mass is 16.4. The molecule has 1 atom stereocenters. The molecule has 1 aromatic carbocycles. The Morgan fingerprint density at radius 2 is 1.75 bits per heavy atom. The maximum Gasteiger partial charge on any atom is 0.321 e. The van der Waals surface area contributed by atoms with Gasteiger partial charge in [0.15, 0.2) is 5.78 Å². The molecule has 1 fully saturated rings. The number of hydrogen-bond donors (Lipinski definition) is 1. The number of likely N-dealkylation sites (N-methyl/N-ethyl adjacent to an activating group) is 1. The second-order valence-electron chi connectivity index (χ2n) is 5.19. The highest BCUT2D eigenvalue weighted by Gasteiger charge is 2.30. The van der Waals surface area contributed by atoms with Gasteiger partial charge < -0.3 is 10.0 Å². The molecule has 20 heavy (non-hydrogen) atoms. The van der Waals surface area contributed by atoms with Crippen molar-refractivity contribution in [3.8, 4) is 0 Å². The average Bonchev–Trinajstić information content (AvgIpc) is 2.46. The third-order valence-electron chi connectivity index (χ3n) is 3.74. The number of carbonyl (C=O) groups is 2. The van der Waals surface area contributed by atoms with Crippen molar-refractivity contribution in [1.29, 1.82) is 0 Å². The number of carboxylic acid groups (broad SMARTS) is 1. The van der Waals surface area contributed by atoms with Crippen molar-refractivity contribution in [3.05, 3.63) is 35.9 Å². The van der Waals surface area contributed by atoms with E-state index in [-0.39, 0.29) is 12.2 Å². The van der Waals surface area contributed by atoms with E-state index < -0.39 is 12.0 Å². The number of rotatable bonds is 5. The van der Waals surface area contributed by atoms with Crippen molar-refractivity contribution < 1.29 is 14.7 Å². The van der Waals surface area contributed by atoms with E-state index in [1.54, 1.807) is 24.3 Å². The molecule has 0 saturated carbocycles. The van der Waals surface area contributed by atoms with Crippen LogP contribution < -0.4 is 0 Å². The van der Waals surface area contributed by atoms with E-state index in [4.69, 9.17) is 0 Å². The van der Waals surface area contributed by atoms with Gasteiger partial charge in [-0.25, -0.2) is 0 Å². The van der Waals surface area contributed by atoms with Gasteiger partial charge in [-0.1, -0.05) is 30.3 Å². The SMILES string of the molecule is CN1CCN(C(CC(=O)c2ccccc2)C(=O)O)CC1. The standard InChI is InChI=1S/C15H20N2O3/c1-16-7-9-17(10-8-16)13(15(19)20)11-14(18)12-5-3-2-4-6-12/h2-6,13H,7-11H2,1H3,(H,19,20). The minimum atomic E-state index is -0.918. The Morgan fingerprint density at radius 1 is 1.15 bits per heavy atom. The fourth-order valence-electron chi connectivity index (χ4n) is 2.42. The fraction of sp³-hybridized carbons (Fsp3) is 0.467. The van der Waals surface area contributed by atoms with Gasteiger partial charge in [-0.3, -0.25) is 14.5 Å². The van der Waals surface area contributed by atoms with Gasteiger partial charge in [0.1, 0.15) is 6.04 Å². The molecule has 0 spiro atoms. The van der Waals surface area contributed by atoms with Gasteiger partial charge in [0.2, 0.25) is 0 Å². The molecule has 1 aliphatic heterocycles. The van der Waals surface area contributed by atoms with Crippen LogP contribution in [0, 0.1) is 0 Å². The number of carbonyl (C=O) groups excluding carboxylic acids is 1. The maximum absolute atomic E-state index is 12.2. The summed E-state index contributed by atoms with van der Waals surface area (Å²) in [6, 6.07) is 8.15. The summed E-state index contributed by atoms with van der Waals surface area (Å²) >= 11 is 0. The summed E-state index contributed by atoms with van der Waals surface area (Å²) in [5.41, 5.74) is 0.577. The first-order chi connectivity index (χ1) is 9.58. The molecular formula is C15H20N2O3. The summed E-state index contributed by atoms with van der Waals surface area (Å²) in [5, 5.41) is 9.38. The van der Waals surface area contributed by atoms with Crippen LogP contribution in [0.1, 0.15) is 16.8 Å². The van der Waals surface area contributed by atoms with Gasteiger partial charge in [0.05, 0.1) is 0 Å². The summed E-state index contributed by atoms with van der Waals surface area (Å²) in [5.74, 6) is -1.03. The summed E-state index contributed by atoms with van der Waals surface area (Å²) < 4.78 is 0. The Kier molecular flexibility index (Phi) is 4.87. The molecule has 0 radical (unpaired) electrons. The van der Waals surface area contributed by atoms with Crippen LogP contribution in [0.5, 0.6) is 0 Å². The van der Waals surface area contributed by atoms with Gasteiger partial charge in [0.25, 0.3) is 0 Å². The number of ketones is 1. The topological polar surface area (TPSA) is 60.9 Å². The van der Waals surface area contributed by atoms with E-state index in [9.17, 15) is 14.7 Å². The van der Waals surface area contributed by atoms with Crippen molar-refractivity contribution in [2.45, 2.75) is 12.5 Å². The normalized spacial score (nSPS) is 18.6. The lowest BCUT2D eigenvalue weighted by atomic mass is 10.0. The second-order valence-corrected chi connectivity index (χ2v) is 5.19. The van der Waals surface area contributed by atoms with E-state index in [1.165, 1.54) is 0 Å². The van der Waals surface area contributed by atoms with Crippen LogP contribution in [0.4, 0.5) is 0 Å². The van der Waals surface area contributed by atoms with Crippen LogP contribution in [0.2, 0.25) is 0 Å². The van der Waals surface area contributed by atoms with Crippen molar-refractivity contribution >= 4 is 11.8 Å². The van der Waals surface area contributed by atoms with Crippen LogP contribution in [0.25, 0.3) is 0 Å². The molecule has 1 heterocycles. The van der Waals surface area contributed by atoms with E-state index in [1.807, 2.05) is 18.0 Å². The first-order valence-corrected chi connectivity index (χ1v) is 6.81. The quantitative estimate of drug-likeness (QED) is 0.812. The van der Waals surface area contributed by atoms with E-state index in [2.05, 4.69) is 4.90 Å². The first kappa shape index (κ1) is 14.7. The number of benzene rings is 1. The predicted molar refractivity (Wildman–Crippen MR) is 75.9 cm³/mol. The molecule has 0 amide bonds. The van der Waals surface area contributed by atoms with Gasteiger partial charge in [0, 0.05) is 38.2 Å². The molecule has 1 saturated heterocycles. The van der Waals surface area contributed by atoms with Crippen molar-refractivity contribution in [2.75, 3.05) is 33.2 Å². The Labute approximate surface area is 118 Å². The van der Waals surface area contributed by atoms with Crippen LogP contribution >= 0.6 is 0 Å². The fourth-order valence-corrected chi connectivity index (χ4v) is 2.42. The summed E-state index contributed by atoms with van der Waals surface area (Å²) in [7, 11) is 2.02. The molecular weight excluding hydrogens is 256 g/mol. The molecule has 5 heteroatoms. The van der Waals surface area contributed by atoms with Gasteiger partial charge in [-0.2, -0.15) is 0 Å². The first-order valence-electron chi connectivity index (χ1n) is 6.81. The Hall–Kier alpha value is -1.72. The largest absolute Gasteiger partial charge is 0.480 e. The lowest BCUT2D eigenvalue weighted by Gasteiger charge is -2.35. The van der Waals surface area contributed by atoms with Crippen LogP contribution in [0.3, 0.4) is 0 Å². The molecule has 1 unspecified atom stereocenters. The molecule has 108 valence electrons. The van der Waals surface area contributed by atoms with Gasteiger partial charge >= 0.3 is 5.97 Å². The van der Waals surface area contributed by atoms with Crippen molar-refractivity contribution in [1.82, 2.24) is 9.80 Å². The van der Waals surface area contributed by atoms with E-state index in [0.717, 1.165) is 13.1 Å². The highest BCUT2D eigenvalue weighted by Crippen LogP contribution is 2.13. The van der Waals surface area contributed by atoms with Crippen molar-refractivity contribution in [2.24, 2.45) is 0 Å². The second kappa shape index (κ2) is 6.63. The number of hydrogen-bond acceptors (Lipinski definition) is 4. The molecule has 2 rings (SSSR count). The average molecular weight is 276 g/mol. The van der Waals surface area contributed by atoms with Gasteiger partial charge in [-0.15, -0.1) is 0 Å². The van der Waals surface area contributed by atoms with Crippen molar-refractivity contribution in [3.63, 3.8) is 0 Å². The zero-order chi connectivity index (χ0) is 14.5. The lowest BCUT2D eigenvalue weighted by molar-refractivity contribution is -0.143. The van der Waals surface area contributed by atoms with Gasteiger partial charge in [-0.05, 0) is 7.05 Å². The van der Waals surface area contributed by atoms with Crippen LogP contribution in [-0.4, -0.2) is 65.9 Å². The highest BCUT2D eigenvalue weighted by molar-refractivity contribution is 5.98. The zero-order valence-electron chi connectivity index (χ0n) is 11.7. The minimum absolute atomic E-state index is 0.0308. The molecule has 0 aliphatic carbocycles. The zero-order valence-corrected chi connectivity index (χ0v) is 11.7. The minimum Gasteiger partial charge on any atom is -0.480 e. The Balaban J connectivity index is 2.03. The third kappa shape index (κ3) is 3.65. The summed E-state index contributed by atoms with van der Waals surface area (Å²) in [4.78, 5) is 27.7.